The number of carbonyl (C=O) groups is 1. The molecule has 0 saturated carbocycles. The van der Waals surface area contributed by atoms with E-state index in [1.807, 2.05) is 30.3 Å². The summed E-state index contributed by atoms with van der Waals surface area (Å²) in [7, 11) is 0. The van der Waals surface area contributed by atoms with Crippen LogP contribution in [-0.2, 0) is 0 Å². The van der Waals surface area contributed by atoms with Gasteiger partial charge in [0.05, 0.1) is 5.69 Å². The van der Waals surface area contributed by atoms with Crippen LogP contribution in [0.3, 0.4) is 0 Å². The maximum absolute atomic E-state index is 11.8. The molecule has 1 aromatic carbocycles. The number of amides is 1. The van der Waals surface area contributed by atoms with Crippen LogP contribution in [0.1, 0.15) is 16.2 Å². The molecule has 2 heterocycles. The summed E-state index contributed by atoms with van der Waals surface area (Å²) in [5.41, 5.74) is 1.39. The van der Waals surface area contributed by atoms with Crippen molar-refractivity contribution in [3.63, 3.8) is 0 Å². The van der Waals surface area contributed by atoms with Crippen LogP contribution in [-0.4, -0.2) is 21.3 Å². The lowest BCUT2D eigenvalue weighted by atomic mass is 10.2. The summed E-state index contributed by atoms with van der Waals surface area (Å²) in [6.45, 7) is 1.72. The number of hydrogen-bond acceptors (Lipinski definition) is 6. The van der Waals surface area contributed by atoms with Gasteiger partial charge < -0.3 is 8.94 Å². The Kier molecular flexibility index (Phi) is 3.00. The third kappa shape index (κ3) is 2.41. The molecule has 20 heavy (non-hydrogen) atoms. The Bertz CT molecular complexity index is 733. The molecule has 1 amide bonds. The van der Waals surface area contributed by atoms with E-state index in [4.69, 9.17) is 8.94 Å². The Balaban J connectivity index is 1.76. The number of rotatable bonds is 3. The number of benzene rings is 1. The molecule has 0 spiro atoms. The largest absolute Gasteiger partial charge is 0.403 e. The fourth-order valence-electron chi connectivity index (χ4n) is 1.60. The smallest absolute Gasteiger partial charge is 0.322 e. The van der Waals surface area contributed by atoms with Gasteiger partial charge in [-0.05, 0) is 19.1 Å². The molecule has 0 aliphatic carbocycles. The molecule has 0 aliphatic rings. The number of carbonyl (C=O) groups excluding carboxylic acids is 1. The summed E-state index contributed by atoms with van der Waals surface area (Å²) in [5, 5.41) is 13.7. The van der Waals surface area contributed by atoms with E-state index in [2.05, 4.69) is 20.7 Å². The van der Waals surface area contributed by atoms with Crippen LogP contribution in [0.4, 0.5) is 6.01 Å². The van der Waals surface area contributed by atoms with Crippen LogP contribution in [0, 0.1) is 6.92 Å². The monoisotopic (exact) mass is 270 g/mol. The van der Waals surface area contributed by atoms with Gasteiger partial charge in [0.15, 0.2) is 0 Å². The Labute approximate surface area is 113 Å². The van der Waals surface area contributed by atoms with Crippen LogP contribution in [0.2, 0.25) is 0 Å². The first-order chi connectivity index (χ1) is 9.72. The van der Waals surface area contributed by atoms with Crippen molar-refractivity contribution >= 4 is 11.9 Å². The van der Waals surface area contributed by atoms with Crippen molar-refractivity contribution < 1.29 is 13.7 Å². The third-order valence-electron chi connectivity index (χ3n) is 2.52. The van der Waals surface area contributed by atoms with Gasteiger partial charge in [0.1, 0.15) is 0 Å². The van der Waals surface area contributed by atoms with Gasteiger partial charge in [0, 0.05) is 11.6 Å². The molecule has 0 saturated heterocycles. The van der Waals surface area contributed by atoms with Gasteiger partial charge in [0.25, 0.3) is 5.91 Å². The fourth-order valence-corrected chi connectivity index (χ4v) is 1.60. The lowest BCUT2D eigenvalue weighted by Gasteiger charge is -1.95. The van der Waals surface area contributed by atoms with E-state index in [0.717, 1.165) is 5.56 Å². The average molecular weight is 270 g/mol. The second kappa shape index (κ2) is 4.96. The number of anilines is 1. The van der Waals surface area contributed by atoms with Gasteiger partial charge in [-0.3, -0.25) is 10.1 Å². The predicted molar refractivity (Wildman–Crippen MR) is 68.9 cm³/mol. The summed E-state index contributed by atoms with van der Waals surface area (Å²) < 4.78 is 10.2. The second-order valence-corrected chi connectivity index (χ2v) is 4.07. The van der Waals surface area contributed by atoms with E-state index in [1.165, 1.54) is 6.07 Å². The fraction of sp³-hybridized carbons (Fsp3) is 0.0769. The van der Waals surface area contributed by atoms with Crippen LogP contribution in [0.25, 0.3) is 11.5 Å². The quantitative estimate of drug-likeness (QED) is 0.784. The van der Waals surface area contributed by atoms with E-state index in [1.54, 1.807) is 6.92 Å². The number of aromatic nitrogens is 3. The van der Waals surface area contributed by atoms with Crippen molar-refractivity contribution in [2.24, 2.45) is 0 Å². The van der Waals surface area contributed by atoms with E-state index >= 15 is 0 Å². The lowest BCUT2D eigenvalue weighted by Crippen LogP contribution is -2.11. The van der Waals surface area contributed by atoms with Crippen molar-refractivity contribution in [2.75, 3.05) is 5.32 Å². The van der Waals surface area contributed by atoms with Gasteiger partial charge in [-0.15, -0.1) is 5.10 Å². The molecule has 100 valence electrons. The Morgan fingerprint density at radius 3 is 2.70 bits per heavy atom. The lowest BCUT2D eigenvalue weighted by molar-refractivity contribution is 0.0985. The highest BCUT2D eigenvalue weighted by Gasteiger charge is 2.15. The number of aryl methyl sites for hydroxylation is 1. The molecule has 0 aliphatic heterocycles. The van der Waals surface area contributed by atoms with Crippen LogP contribution < -0.4 is 5.32 Å². The molecule has 0 radical (unpaired) electrons. The van der Waals surface area contributed by atoms with Crippen LogP contribution in [0.15, 0.2) is 45.3 Å². The third-order valence-corrected chi connectivity index (χ3v) is 2.52. The molecule has 1 N–H and O–H groups in total. The van der Waals surface area contributed by atoms with Crippen molar-refractivity contribution in [2.45, 2.75) is 6.92 Å². The first-order valence-corrected chi connectivity index (χ1v) is 5.86. The minimum Gasteiger partial charge on any atom is -0.403 e. The van der Waals surface area contributed by atoms with Crippen molar-refractivity contribution in [3.05, 3.63) is 47.9 Å². The highest BCUT2D eigenvalue weighted by Crippen LogP contribution is 2.19. The van der Waals surface area contributed by atoms with Crippen LogP contribution in [0.5, 0.6) is 0 Å². The maximum atomic E-state index is 11.8. The van der Waals surface area contributed by atoms with Gasteiger partial charge in [-0.25, -0.2) is 0 Å². The van der Waals surface area contributed by atoms with E-state index in [0.29, 0.717) is 11.6 Å². The molecular weight excluding hydrogens is 260 g/mol. The van der Waals surface area contributed by atoms with Gasteiger partial charge in [-0.1, -0.05) is 28.5 Å². The first-order valence-electron chi connectivity index (χ1n) is 5.86. The predicted octanol–water partition coefficient (Wildman–Crippen LogP) is 2.29. The highest BCUT2D eigenvalue weighted by atomic mass is 16.5. The van der Waals surface area contributed by atoms with E-state index < -0.39 is 5.91 Å². The summed E-state index contributed by atoms with van der Waals surface area (Å²) in [4.78, 5) is 11.8. The van der Waals surface area contributed by atoms with Crippen LogP contribution >= 0.6 is 0 Å². The second-order valence-electron chi connectivity index (χ2n) is 4.07. The molecule has 0 fully saturated rings. The Morgan fingerprint density at radius 1 is 1.20 bits per heavy atom. The standard InChI is InChI=1S/C13H10N4O3/c1-8-7-10(20-17-8)11(18)14-13-16-15-12(19-13)9-5-3-2-4-6-9/h2-7H,1H3,(H,14,16,18). The zero-order chi connectivity index (χ0) is 13.9. The minimum atomic E-state index is -0.492. The molecule has 0 atom stereocenters. The van der Waals surface area contributed by atoms with E-state index in [-0.39, 0.29) is 11.8 Å². The van der Waals surface area contributed by atoms with Crippen molar-refractivity contribution in [1.82, 2.24) is 15.4 Å². The summed E-state index contributed by atoms with van der Waals surface area (Å²) in [6, 6.07) is 10.8. The van der Waals surface area contributed by atoms with Crippen molar-refractivity contribution in [3.8, 4) is 11.5 Å². The summed E-state index contributed by atoms with van der Waals surface area (Å²) in [5.74, 6) is -0.0783. The van der Waals surface area contributed by atoms with Gasteiger partial charge in [0.2, 0.25) is 11.7 Å². The molecule has 3 rings (SSSR count). The zero-order valence-corrected chi connectivity index (χ0v) is 10.5. The van der Waals surface area contributed by atoms with E-state index in [9.17, 15) is 4.79 Å². The van der Waals surface area contributed by atoms with Gasteiger partial charge >= 0.3 is 6.01 Å². The molecule has 2 aromatic heterocycles. The van der Waals surface area contributed by atoms with Gasteiger partial charge in [-0.2, -0.15) is 0 Å². The maximum Gasteiger partial charge on any atom is 0.322 e. The molecule has 0 bridgehead atoms. The minimum absolute atomic E-state index is 0.00269. The van der Waals surface area contributed by atoms with Crippen molar-refractivity contribution in [1.29, 1.82) is 0 Å². The Morgan fingerprint density at radius 2 is 2.00 bits per heavy atom. The molecular formula is C13H10N4O3. The normalized spacial score (nSPS) is 10.4. The Hall–Kier alpha value is -2.96. The topological polar surface area (TPSA) is 94.1 Å². The average Bonchev–Trinajstić information content (AvgIpc) is 3.09. The first kappa shape index (κ1) is 12.1. The molecule has 3 aromatic rings. The molecule has 7 heteroatoms. The molecule has 7 nitrogen and oxygen atoms in total. The molecule has 0 unspecified atom stereocenters. The number of nitrogens with zero attached hydrogens (tertiary/aromatic N) is 3. The highest BCUT2D eigenvalue weighted by molar-refractivity contribution is 6.00. The SMILES string of the molecule is Cc1cc(C(=O)Nc2nnc(-c3ccccc3)o2)on1. The number of nitrogens with one attached hydrogen (secondary N) is 1. The number of hydrogen-bond donors (Lipinski definition) is 1. The summed E-state index contributed by atoms with van der Waals surface area (Å²) in [6.07, 6.45) is 0. The summed E-state index contributed by atoms with van der Waals surface area (Å²) >= 11 is 0. The zero-order valence-electron chi connectivity index (χ0n) is 10.5.